The van der Waals surface area contributed by atoms with Crippen molar-refractivity contribution in [3.63, 3.8) is 0 Å². The first-order chi connectivity index (χ1) is 3.41. The van der Waals surface area contributed by atoms with Crippen molar-refractivity contribution in [1.82, 2.24) is 0 Å². The molecule has 44 valence electrons. The average Bonchev–Trinajstić information content (AvgIpc) is 1.69. The summed E-state index contributed by atoms with van der Waals surface area (Å²) in [5.41, 5.74) is 0. The van der Waals surface area contributed by atoms with Crippen LogP contribution in [0.4, 0.5) is 0 Å². The first-order valence-electron chi connectivity index (χ1n) is 2.58. The van der Waals surface area contributed by atoms with Gasteiger partial charge in [0.05, 0.1) is 0 Å². The summed E-state index contributed by atoms with van der Waals surface area (Å²) in [6.07, 6.45) is 2.15. The Morgan fingerprint density at radius 1 is 0.750 bits per heavy atom. The second kappa shape index (κ2) is 11.0. The summed E-state index contributed by atoms with van der Waals surface area (Å²) in [4.78, 5) is 0. The molecule has 0 bridgehead atoms. The van der Waals surface area contributed by atoms with Crippen LogP contribution in [0.5, 0.6) is 0 Å². The van der Waals surface area contributed by atoms with Crippen molar-refractivity contribution in [2.45, 2.75) is 19.3 Å². The van der Waals surface area contributed by atoms with Crippen LogP contribution < -0.4 is 10.2 Å². The first-order valence-corrected chi connectivity index (χ1v) is 2.58. The van der Waals surface area contributed by atoms with Crippen molar-refractivity contribution in [1.29, 1.82) is 0 Å². The van der Waals surface area contributed by atoms with E-state index in [1.54, 1.807) is 0 Å². The molecule has 0 saturated heterocycles. The van der Waals surface area contributed by atoms with Crippen LogP contribution in [0.2, 0.25) is 0 Å². The maximum absolute atomic E-state index is 9.70. The predicted molar refractivity (Wildman–Crippen MR) is 29.3 cm³/mol. The van der Waals surface area contributed by atoms with Crippen molar-refractivity contribution < 1.29 is 10.2 Å². The van der Waals surface area contributed by atoms with Crippen molar-refractivity contribution >= 4 is 37.7 Å². The van der Waals surface area contributed by atoms with Crippen LogP contribution in [0.3, 0.4) is 0 Å². The number of hydrogen-bond donors (Lipinski definition) is 0. The molecule has 3 heteroatoms. The van der Waals surface area contributed by atoms with Crippen LogP contribution in [-0.4, -0.2) is 51.0 Å². The molecule has 0 aromatic heterocycles. The van der Waals surface area contributed by atoms with E-state index in [1.165, 1.54) is 0 Å². The predicted octanol–water partition coefficient (Wildman–Crippen LogP) is -1.50. The van der Waals surface area contributed by atoms with Crippen molar-refractivity contribution in [3.8, 4) is 0 Å². The van der Waals surface area contributed by atoms with Gasteiger partial charge >= 0.3 is 37.7 Å². The molecule has 0 rings (SSSR count). The van der Waals surface area contributed by atoms with Crippen molar-refractivity contribution in [2.24, 2.45) is 0 Å². The second-order valence-electron chi connectivity index (χ2n) is 1.47. The summed E-state index contributed by atoms with van der Waals surface area (Å²) in [6.45, 7) is -0.0556. The molecule has 0 heterocycles. The van der Waals surface area contributed by atoms with E-state index in [1.807, 2.05) is 0 Å². The standard InChI is InChI=1S/C5H10O2.Ca/c6-4-2-1-3-5-7;/h1-5H2;/q-2;+2. The molecule has 0 amide bonds. The molecule has 0 radical (unpaired) electrons. The smallest absolute Gasteiger partial charge is 0.854 e. The third-order valence-electron chi connectivity index (χ3n) is 0.789. The topological polar surface area (TPSA) is 46.1 Å². The summed E-state index contributed by atoms with van der Waals surface area (Å²) >= 11 is 0. The zero-order chi connectivity index (χ0) is 5.54. The quantitative estimate of drug-likeness (QED) is 0.354. The maximum atomic E-state index is 9.70. The molecule has 0 aliphatic carbocycles. The summed E-state index contributed by atoms with van der Waals surface area (Å²) in [5.74, 6) is 0. The number of rotatable bonds is 4. The van der Waals surface area contributed by atoms with Gasteiger partial charge in [-0.1, -0.05) is 19.3 Å². The van der Waals surface area contributed by atoms with E-state index in [4.69, 9.17) is 0 Å². The van der Waals surface area contributed by atoms with Gasteiger partial charge in [-0.2, -0.15) is 0 Å². The second-order valence-corrected chi connectivity index (χ2v) is 1.47. The normalized spacial score (nSPS) is 8.25. The molecule has 8 heavy (non-hydrogen) atoms. The van der Waals surface area contributed by atoms with Gasteiger partial charge in [0, 0.05) is 0 Å². The average molecular weight is 142 g/mol. The number of hydrogen-bond acceptors (Lipinski definition) is 2. The Hall–Kier alpha value is 1.18. The zero-order valence-corrected chi connectivity index (χ0v) is 7.27. The minimum Gasteiger partial charge on any atom is -0.854 e. The number of unbranched alkanes of at least 4 members (excludes halogenated alkanes) is 2. The molecule has 0 saturated carbocycles. The molecule has 0 aliphatic heterocycles. The fraction of sp³-hybridized carbons (Fsp3) is 1.00. The van der Waals surface area contributed by atoms with E-state index >= 15 is 0 Å². The molecule has 0 N–H and O–H groups in total. The largest absolute Gasteiger partial charge is 2.00 e. The van der Waals surface area contributed by atoms with Gasteiger partial charge in [0.1, 0.15) is 0 Å². The van der Waals surface area contributed by atoms with E-state index in [9.17, 15) is 10.2 Å². The molecule has 2 nitrogen and oxygen atoms in total. The summed E-state index contributed by atoms with van der Waals surface area (Å²) in [5, 5.41) is 19.4. The Kier molecular flexibility index (Phi) is 16.4. The fourth-order valence-electron chi connectivity index (χ4n) is 0.381. The van der Waals surface area contributed by atoms with Gasteiger partial charge in [-0.15, -0.1) is 13.2 Å². The van der Waals surface area contributed by atoms with Crippen molar-refractivity contribution in [3.05, 3.63) is 0 Å². The van der Waals surface area contributed by atoms with Gasteiger partial charge in [-0.05, 0) is 0 Å². The Morgan fingerprint density at radius 3 is 1.38 bits per heavy atom. The Bertz CT molecular complexity index is 29.6. The summed E-state index contributed by atoms with van der Waals surface area (Å²) in [7, 11) is 0. The van der Waals surface area contributed by atoms with E-state index in [2.05, 4.69) is 0 Å². The van der Waals surface area contributed by atoms with Crippen LogP contribution in [0.15, 0.2) is 0 Å². The third-order valence-corrected chi connectivity index (χ3v) is 0.789. The van der Waals surface area contributed by atoms with Crippen LogP contribution in [0.25, 0.3) is 0 Å². The molecular formula is C5H10CaO2. The van der Waals surface area contributed by atoms with Crippen molar-refractivity contribution in [2.75, 3.05) is 13.2 Å². The van der Waals surface area contributed by atoms with Crippen LogP contribution in [-0.2, 0) is 0 Å². The zero-order valence-electron chi connectivity index (χ0n) is 5.06. The Morgan fingerprint density at radius 2 is 1.12 bits per heavy atom. The van der Waals surface area contributed by atoms with E-state index in [-0.39, 0.29) is 51.0 Å². The van der Waals surface area contributed by atoms with Crippen LogP contribution >= 0.6 is 0 Å². The molecule has 0 aromatic carbocycles. The van der Waals surface area contributed by atoms with Gasteiger partial charge in [-0.3, -0.25) is 0 Å². The third kappa shape index (κ3) is 10.2. The van der Waals surface area contributed by atoms with Gasteiger partial charge in [-0.25, -0.2) is 0 Å². The van der Waals surface area contributed by atoms with Gasteiger partial charge < -0.3 is 10.2 Å². The SMILES string of the molecule is [Ca+2].[O-]CCCCC[O-]. The Balaban J connectivity index is 0. The van der Waals surface area contributed by atoms with Gasteiger partial charge in [0.2, 0.25) is 0 Å². The fourth-order valence-corrected chi connectivity index (χ4v) is 0.381. The molecule has 0 unspecified atom stereocenters. The minimum atomic E-state index is -0.0278. The first kappa shape index (κ1) is 11.9. The van der Waals surface area contributed by atoms with Gasteiger partial charge in [0.15, 0.2) is 0 Å². The molecule has 0 aliphatic rings. The van der Waals surface area contributed by atoms with E-state index < -0.39 is 0 Å². The molecular weight excluding hydrogens is 132 g/mol. The minimum absolute atomic E-state index is 0. The monoisotopic (exact) mass is 142 g/mol. The van der Waals surface area contributed by atoms with E-state index in [0.29, 0.717) is 12.8 Å². The molecule has 0 aromatic rings. The molecule has 0 spiro atoms. The summed E-state index contributed by atoms with van der Waals surface area (Å²) < 4.78 is 0. The Labute approximate surface area is 79.9 Å². The maximum Gasteiger partial charge on any atom is 2.00 e. The van der Waals surface area contributed by atoms with Crippen LogP contribution in [0.1, 0.15) is 19.3 Å². The van der Waals surface area contributed by atoms with Crippen LogP contribution in [0, 0.1) is 0 Å². The molecule has 0 fully saturated rings. The summed E-state index contributed by atoms with van der Waals surface area (Å²) in [6, 6.07) is 0. The molecule has 0 atom stereocenters. The van der Waals surface area contributed by atoms with Gasteiger partial charge in [0.25, 0.3) is 0 Å². The van der Waals surface area contributed by atoms with E-state index in [0.717, 1.165) is 6.42 Å².